The van der Waals surface area contributed by atoms with Crippen molar-refractivity contribution in [2.45, 2.75) is 165 Å². The average Bonchev–Trinajstić information content (AvgIpc) is 3.08. The number of hydrogen-bond donors (Lipinski definition) is 9. The summed E-state index contributed by atoms with van der Waals surface area (Å²) >= 11 is 0. The molecule has 13 nitrogen and oxygen atoms in total. The van der Waals surface area contributed by atoms with Crippen molar-refractivity contribution < 1.29 is 59.0 Å². The van der Waals surface area contributed by atoms with E-state index in [0.29, 0.717) is 19.3 Å². The van der Waals surface area contributed by atoms with Crippen LogP contribution in [0.25, 0.3) is 0 Å². The first kappa shape index (κ1) is 46.3. The minimum Gasteiger partial charge on any atom is -0.393 e. The molecule has 1 aliphatic carbocycles. The molecule has 1 fully saturated rings. The van der Waals surface area contributed by atoms with Crippen LogP contribution in [-0.4, -0.2) is 108 Å². The molecule has 0 aromatic heterocycles. The molecule has 1 aliphatic rings. The normalized spacial score (nSPS) is 26.2. The van der Waals surface area contributed by atoms with Crippen molar-refractivity contribution in [1.82, 2.24) is 5.32 Å². The van der Waals surface area contributed by atoms with Gasteiger partial charge in [0.15, 0.2) is 0 Å². The smallest absolute Gasteiger partial charge is 0.393 e. The number of nitrogens with one attached hydrogen (secondary N) is 1. The van der Waals surface area contributed by atoms with Gasteiger partial charge in [0.25, 0.3) is 0 Å². The van der Waals surface area contributed by atoms with Crippen LogP contribution in [0.1, 0.15) is 110 Å². The van der Waals surface area contributed by atoms with Gasteiger partial charge in [-0.3, -0.25) is 13.8 Å². The second-order valence-electron chi connectivity index (χ2n) is 12.9. The number of phosphoric acid groups is 1. The number of carbonyl (C=O) groups is 1. The van der Waals surface area contributed by atoms with Crippen molar-refractivity contribution in [3.05, 3.63) is 48.6 Å². The van der Waals surface area contributed by atoms with Gasteiger partial charge < -0.3 is 46.0 Å². The first-order valence-electron chi connectivity index (χ1n) is 18.2. The van der Waals surface area contributed by atoms with E-state index in [1.807, 2.05) is 6.08 Å². The topological polar surface area (TPSA) is 226 Å². The van der Waals surface area contributed by atoms with E-state index in [1.54, 1.807) is 6.08 Å². The van der Waals surface area contributed by atoms with Gasteiger partial charge in [-0.1, -0.05) is 101 Å². The fourth-order valence-electron chi connectivity index (χ4n) is 5.31. The Morgan fingerprint density at radius 3 is 1.90 bits per heavy atom. The van der Waals surface area contributed by atoms with E-state index in [4.69, 9.17) is 9.05 Å². The minimum absolute atomic E-state index is 0.270. The van der Waals surface area contributed by atoms with Gasteiger partial charge in [0.1, 0.15) is 36.6 Å². The molecule has 0 heterocycles. The lowest BCUT2D eigenvalue weighted by Crippen LogP contribution is -2.64. The lowest BCUT2D eigenvalue weighted by atomic mass is 9.85. The van der Waals surface area contributed by atoms with Crippen molar-refractivity contribution >= 4 is 13.7 Å². The molecule has 8 atom stereocenters. The molecule has 0 radical (unpaired) electrons. The third-order valence-electron chi connectivity index (χ3n) is 8.40. The van der Waals surface area contributed by atoms with Gasteiger partial charge in [0, 0.05) is 0 Å². The van der Waals surface area contributed by atoms with Gasteiger partial charge in [-0.2, -0.15) is 0 Å². The summed E-state index contributed by atoms with van der Waals surface area (Å²) < 4.78 is 22.6. The predicted octanol–water partition coefficient (Wildman–Crippen LogP) is 3.63. The first-order valence-corrected chi connectivity index (χ1v) is 19.7. The molecule has 14 heteroatoms. The number of hydrogen-bond acceptors (Lipinski definition) is 11. The van der Waals surface area contributed by atoms with E-state index in [-0.39, 0.29) is 6.42 Å². The maximum absolute atomic E-state index is 12.8. The number of allylic oxidation sites excluding steroid dienone is 7. The summed E-state index contributed by atoms with van der Waals surface area (Å²) in [7, 11) is -5.14. The van der Waals surface area contributed by atoms with Crippen LogP contribution in [0.2, 0.25) is 0 Å². The van der Waals surface area contributed by atoms with E-state index < -0.39 is 75.2 Å². The summed E-state index contributed by atoms with van der Waals surface area (Å²) in [5.41, 5.74) is 0. The summed E-state index contributed by atoms with van der Waals surface area (Å²) in [6.45, 7) is 3.50. The number of aliphatic hydroxyl groups is 7. The maximum Gasteiger partial charge on any atom is 0.472 e. The molecule has 0 aromatic carbocycles. The van der Waals surface area contributed by atoms with Gasteiger partial charge >= 0.3 is 7.82 Å². The molecule has 1 amide bonds. The molecule has 290 valence electrons. The third-order valence-corrected chi connectivity index (χ3v) is 9.38. The Morgan fingerprint density at radius 1 is 0.720 bits per heavy atom. The maximum atomic E-state index is 12.8. The number of rotatable bonds is 27. The third kappa shape index (κ3) is 19.8. The molecule has 0 bridgehead atoms. The zero-order chi connectivity index (χ0) is 37.4. The summed E-state index contributed by atoms with van der Waals surface area (Å²) in [4.78, 5) is 23.1. The SMILES string of the molecule is CCC/C=C/CC/C=C/C(O)C(COP(=O)(O)OC1C(O)C(O)C(O)C(O)C1O)NC(=O)CC(O)CCCCCC/C=C\C=C/CCCCC. The van der Waals surface area contributed by atoms with E-state index in [2.05, 4.69) is 49.5 Å². The standard InChI is InChI=1S/C36H64NO12P/c1-3-5-7-9-11-12-13-14-15-16-18-19-21-23-27(38)25-30(40)37-28(29(39)24-22-20-17-10-8-6-4-2)26-48-50(46,47)49-36-34(44)32(42)31(41)33(43)35(36)45/h8,10-14,22,24,27-29,31-36,38-39,41-45H,3-7,9,15-21,23,25-26H2,1-2H3,(H,37,40)(H,46,47)/b10-8+,12-11-,14-13-,24-22+. The lowest BCUT2D eigenvalue weighted by molar-refractivity contribution is -0.220. The molecule has 0 aromatic rings. The van der Waals surface area contributed by atoms with Crippen LogP contribution in [-0.2, 0) is 18.4 Å². The Morgan fingerprint density at radius 2 is 1.28 bits per heavy atom. The second kappa shape index (κ2) is 26.9. The quantitative estimate of drug-likeness (QED) is 0.0255. The van der Waals surface area contributed by atoms with Crippen molar-refractivity contribution in [3.8, 4) is 0 Å². The first-order chi connectivity index (χ1) is 23.8. The number of phosphoric ester groups is 1. The highest BCUT2D eigenvalue weighted by Gasteiger charge is 2.51. The van der Waals surface area contributed by atoms with Crippen LogP contribution in [0.4, 0.5) is 0 Å². The highest BCUT2D eigenvalue weighted by Crippen LogP contribution is 2.47. The van der Waals surface area contributed by atoms with Gasteiger partial charge in [-0.05, 0) is 51.4 Å². The Kier molecular flexibility index (Phi) is 24.9. The Bertz CT molecular complexity index is 1050. The summed E-state index contributed by atoms with van der Waals surface area (Å²) in [5.74, 6) is -0.624. The molecule has 0 spiro atoms. The molecule has 1 rings (SSSR count). The average molecular weight is 734 g/mol. The molecule has 8 unspecified atom stereocenters. The van der Waals surface area contributed by atoms with E-state index in [1.165, 1.54) is 25.3 Å². The molecular formula is C36H64NO12P. The van der Waals surface area contributed by atoms with Gasteiger partial charge in [-0.15, -0.1) is 0 Å². The Labute approximate surface area is 298 Å². The molecule has 1 saturated carbocycles. The van der Waals surface area contributed by atoms with Crippen LogP contribution in [0.5, 0.6) is 0 Å². The number of amides is 1. The fourth-order valence-corrected chi connectivity index (χ4v) is 6.28. The van der Waals surface area contributed by atoms with Gasteiger partial charge in [0.05, 0.1) is 31.3 Å². The predicted molar refractivity (Wildman–Crippen MR) is 192 cm³/mol. The van der Waals surface area contributed by atoms with Crippen molar-refractivity contribution in [1.29, 1.82) is 0 Å². The van der Waals surface area contributed by atoms with E-state index in [0.717, 1.165) is 51.4 Å². The molecule has 50 heavy (non-hydrogen) atoms. The highest BCUT2D eigenvalue weighted by atomic mass is 31.2. The van der Waals surface area contributed by atoms with Crippen LogP contribution in [0.15, 0.2) is 48.6 Å². The van der Waals surface area contributed by atoms with Crippen molar-refractivity contribution in [3.63, 3.8) is 0 Å². The number of aliphatic hydroxyl groups excluding tert-OH is 7. The molecule has 9 N–H and O–H groups in total. The zero-order valence-corrected chi connectivity index (χ0v) is 30.7. The Hall–Kier alpha value is -1.74. The van der Waals surface area contributed by atoms with Crippen molar-refractivity contribution in [2.75, 3.05) is 6.61 Å². The largest absolute Gasteiger partial charge is 0.472 e. The van der Waals surface area contributed by atoms with Crippen LogP contribution in [0.3, 0.4) is 0 Å². The summed E-state index contributed by atoms with van der Waals surface area (Å²) in [6, 6.07) is -1.26. The zero-order valence-electron chi connectivity index (χ0n) is 29.8. The number of unbranched alkanes of at least 4 members (excludes halogenated alkanes) is 9. The van der Waals surface area contributed by atoms with Crippen molar-refractivity contribution in [2.24, 2.45) is 0 Å². The monoisotopic (exact) mass is 733 g/mol. The summed E-state index contributed by atoms with van der Waals surface area (Å²) in [5, 5.41) is 73.6. The van der Waals surface area contributed by atoms with Crippen LogP contribution < -0.4 is 5.32 Å². The van der Waals surface area contributed by atoms with Crippen LogP contribution >= 0.6 is 7.82 Å². The second-order valence-corrected chi connectivity index (χ2v) is 14.3. The number of carbonyl (C=O) groups excluding carboxylic acids is 1. The molecule has 0 aliphatic heterocycles. The summed E-state index contributed by atoms with van der Waals surface area (Å²) in [6.07, 6.45) is 14.1. The van der Waals surface area contributed by atoms with Gasteiger partial charge in [0.2, 0.25) is 5.91 Å². The van der Waals surface area contributed by atoms with Gasteiger partial charge in [-0.25, -0.2) is 4.57 Å². The molecule has 0 saturated heterocycles. The lowest BCUT2D eigenvalue weighted by Gasteiger charge is -2.41. The fraction of sp³-hybridized carbons (Fsp3) is 0.750. The Balaban J connectivity index is 2.66. The van der Waals surface area contributed by atoms with E-state index >= 15 is 0 Å². The molecular weight excluding hydrogens is 669 g/mol. The van der Waals surface area contributed by atoms with Crippen LogP contribution in [0, 0.1) is 0 Å². The minimum atomic E-state index is -5.14. The highest BCUT2D eigenvalue weighted by molar-refractivity contribution is 7.47. The van der Waals surface area contributed by atoms with E-state index in [9.17, 15) is 50.0 Å².